The summed E-state index contributed by atoms with van der Waals surface area (Å²) in [6, 6.07) is 0.546. The van der Waals surface area contributed by atoms with Crippen LogP contribution in [0.25, 0.3) is 0 Å². The molecule has 1 fully saturated rings. The lowest BCUT2D eigenvalue weighted by Crippen LogP contribution is -2.43. The summed E-state index contributed by atoms with van der Waals surface area (Å²) in [5.74, 6) is 1.46. The van der Waals surface area contributed by atoms with Gasteiger partial charge < -0.3 is 5.32 Å². The van der Waals surface area contributed by atoms with Crippen LogP contribution in [0, 0.1) is 11.8 Å². The Morgan fingerprint density at radius 3 is 2.50 bits per heavy atom. The van der Waals surface area contributed by atoms with E-state index < -0.39 is 10.0 Å². The van der Waals surface area contributed by atoms with Crippen molar-refractivity contribution in [2.75, 3.05) is 19.3 Å². The molecule has 3 unspecified atom stereocenters. The number of rotatable bonds is 5. The number of hydrogen-bond donors (Lipinski definition) is 2. The highest BCUT2D eigenvalue weighted by Crippen LogP contribution is 2.29. The lowest BCUT2D eigenvalue weighted by atomic mass is 9.78. The van der Waals surface area contributed by atoms with Crippen LogP contribution in [0.5, 0.6) is 0 Å². The molecule has 0 aliphatic heterocycles. The molecular formula is C11H24N2O2S. The van der Waals surface area contributed by atoms with Gasteiger partial charge in [0.05, 0.1) is 6.26 Å². The average Bonchev–Trinajstić information content (AvgIpc) is 2.17. The minimum absolute atomic E-state index is 0.483. The van der Waals surface area contributed by atoms with Gasteiger partial charge in [-0.3, -0.25) is 0 Å². The Labute approximate surface area is 99.2 Å². The van der Waals surface area contributed by atoms with Gasteiger partial charge in [0.1, 0.15) is 0 Å². The van der Waals surface area contributed by atoms with Crippen LogP contribution in [0.15, 0.2) is 0 Å². The molecule has 0 bridgehead atoms. The molecule has 1 rings (SSSR count). The maximum atomic E-state index is 10.9. The zero-order chi connectivity index (χ0) is 12.2. The molecule has 3 atom stereocenters. The van der Waals surface area contributed by atoms with Gasteiger partial charge in [0, 0.05) is 19.1 Å². The second-order valence-corrected chi connectivity index (χ2v) is 6.83. The molecule has 0 heterocycles. The molecule has 1 saturated carbocycles. The molecule has 0 radical (unpaired) electrons. The van der Waals surface area contributed by atoms with E-state index in [2.05, 4.69) is 23.9 Å². The van der Waals surface area contributed by atoms with Crippen molar-refractivity contribution in [2.45, 2.75) is 39.2 Å². The van der Waals surface area contributed by atoms with Gasteiger partial charge in [0.2, 0.25) is 10.0 Å². The summed E-state index contributed by atoms with van der Waals surface area (Å²) in [5.41, 5.74) is 0. The second kappa shape index (κ2) is 5.98. The normalized spacial score (nSPS) is 31.6. The topological polar surface area (TPSA) is 58.2 Å². The van der Waals surface area contributed by atoms with Crippen LogP contribution in [0.1, 0.15) is 33.1 Å². The first-order valence-electron chi connectivity index (χ1n) is 6.08. The molecule has 2 N–H and O–H groups in total. The Kier molecular flexibility index (Phi) is 5.21. The highest BCUT2D eigenvalue weighted by Gasteiger charge is 2.26. The van der Waals surface area contributed by atoms with Crippen molar-refractivity contribution in [3.8, 4) is 0 Å². The predicted molar refractivity (Wildman–Crippen MR) is 66.8 cm³/mol. The van der Waals surface area contributed by atoms with Gasteiger partial charge in [-0.1, -0.05) is 26.7 Å². The van der Waals surface area contributed by atoms with Gasteiger partial charge in [-0.15, -0.1) is 0 Å². The van der Waals surface area contributed by atoms with E-state index in [4.69, 9.17) is 0 Å². The molecule has 0 spiro atoms. The summed E-state index contributed by atoms with van der Waals surface area (Å²) in [6.07, 6.45) is 5.01. The van der Waals surface area contributed by atoms with Crippen LogP contribution in [-0.2, 0) is 10.0 Å². The Morgan fingerprint density at radius 1 is 1.19 bits per heavy atom. The maximum Gasteiger partial charge on any atom is 0.208 e. The van der Waals surface area contributed by atoms with E-state index in [-0.39, 0.29) is 0 Å². The van der Waals surface area contributed by atoms with Gasteiger partial charge in [0.25, 0.3) is 0 Å². The van der Waals surface area contributed by atoms with Crippen molar-refractivity contribution in [3.63, 3.8) is 0 Å². The minimum atomic E-state index is -3.04. The van der Waals surface area contributed by atoms with Crippen LogP contribution in [0.2, 0.25) is 0 Å². The quantitative estimate of drug-likeness (QED) is 0.712. The first kappa shape index (κ1) is 13.9. The smallest absolute Gasteiger partial charge is 0.208 e. The first-order chi connectivity index (χ1) is 7.40. The molecule has 0 aromatic heterocycles. The molecule has 0 amide bonds. The Balaban J connectivity index is 2.22. The van der Waals surface area contributed by atoms with E-state index in [9.17, 15) is 8.42 Å². The zero-order valence-electron chi connectivity index (χ0n) is 10.5. The van der Waals surface area contributed by atoms with Crippen molar-refractivity contribution in [1.29, 1.82) is 0 Å². The van der Waals surface area contributed by atoms with E-state index in [1.165, 1.54) is 25.5 Å². The molecule has 16 heavy (non-hydrogen) atoms. The molecule has 0 aromatic rings. The van der Waals surface area contributed by atoms with Gasteiger partial charge in [-0.25, -0.2) is 13.1 Å². The van der Waals surface area contributed by atoms with E-state index in [0.717, 1.165) is 12.5 Å². The minimum Gasteiger partial charge on any atom is -0.312 e. The van der Waals surface area contributed by atoms with Crippen molar-refractivity contribution < 1.29 is 8.42 Å². The fourth-order valence-electron chi connectivity index (χ4n) is 2.36. The van der Waals surface area contributed by atoms with E-state index in [0.29, 0.717) is 18.5 Å². The third kappa shape index (κ3) is 4.80. The van der Waals surface area contributed by atoms with Crippen molar-refractivity contribution in [1.82, 2.24) is 10.0 Å². The van der Waals surface area contributed by atoms with Gasteiger partial charge in [-0.2, -0.15) is 0 Å². The van der Waals surface area contributed by atoms with Crippen LogP contribution in [-0.4, -0.2) is 33.8 Å². The average molecular weight is 248 g/mol. The van der Waals surface area contributed by atoms with E-state index >= 15 is 0 Å². The maximum absolute atomic E-state index is 10.9. The van der Waals surface area contributed by atoms with Crippen LogP contribution >= 0.6 is 0 Å². The van der Waals surface area contributed by atoms with Gasteiger partial charge in [-0.05, 0) is 18.3 Å². The Bertz CT molecular complexity index is 303. The molecule has 4 nitrogen and oxygen atoms in total. The Hall–Kier alpha value is -0.130. The first-order valence-corrected chi connectivity index (χ1v) is 7.97. The number of hydrogen-bond acceptors (Lipinski definition) is 3. The van der Waals surface area contributed by atoms with Crippen LogP contribution < -0.4 is 10.0 Å². The molecule has 0 aromatic carbocycles. The SMILES string of the molecule is CC1CCCC(NCCNS(C)(=O)=O)C1C. The third-order valence-corrected chi connectivity index (χ3v) is 4.33. The fraction of sp³-hybridized carbons (Fsp3) is 1.00. The third-order valence-electron chi connectivity index (χ3n) is 3.60. The standard InChI is InChI=1S/C11H24N2O2S/c1-9-5-4-6-11(10(9)2)12-7-8-13-16(3,14)15/h9-13H,4-8H2,1-3H3. The second-order valence-electron chi connectivity index (χ2n) is 4.99. The summed E-state index contributed by atoms with van der Waals surface area (Å²) < 4.78 is 24.2. The summed E-state index contributed by atoms with van der Waals surface area (Å²) in [5, 5.41) is 3.45. The lowest BCUT2D eigenvalue weighted by Gasteiger charge is -2.34. The summed E-state index contributed by atoms with van der Waals surface area (Å²) >= 11 is 0. The van der Waals surface area contributed by atoms with Crippen molar-refractivity contribution in [3.05, 3.63) is 0 Å². The van der Waals surface area contributed by atoms with E-state index in [1.54, 1.807) is 0 Å². The van der Waals surface area contributed by atoms with Crippen LogP contribution in [0.4, 0.5) is 0 Å². The highest BCUT2D eigenvalue weighted by molar-refractivity contribution is 7.88. The summed E-state index contributed by atoms with van der Waals surface area (Å²) in [7, 11) is -3.04. The van der Waals surface area contributed by atoms with Crippen LogP contribution in [0.3, 0.4) is 0 Å². The molecule has 1 aliphatic carbocycles. The predicted octanol–water partition coefficient (Wildman–Crippen LogP) is 0.950. The monoisotopic (exact) mass is 248 g/mol. The Morgan fingerprint density at radius 2 is 1.88 bits per heavy atom. The van der Waals surface area contributed by atoms with Gasteiger partial charge >= 0.3 is 0 Å². The molecule has 0 saturated heterocycles. The number of nitrogens with one attached hydrogen (secondary N) is 2. The number of sulfonamides is 1. The van der Waals surface area contributed by atoms with Crippen molar-refractivity contribution >= 4 is 10.0 Å². The highest BCUT2D eigenvalue weighted by atomic mass is 32.2. The van der Waals surface area contributed by atoms with Crippen molar-refractivity contribution in [2.24, 2.45) is 11.8 Å². The molecule has 5 heteroatoms. The molecule has 96 valence electrons. The largest absolute Gasteiger partial charge is 0.312 e. The zero-order valence-corrected chi connectivity index (χ0v) is 11.3. The lowest BCUT2D eigenvalue weighted by molar-refractivity contribution is 0.208. The van der Waals surface area contributed by atoms with Gasteiger partial charge in [0.15, 0.2) is 0 Å². The molecule has 1 aliphatic rings. The summed E-state index contributed by atoms with van der Waals surface area (Å²) in [4.78, 5) is 0. The molecular weight excluding hydrogens is 224 g/mol. The van der Waals surface area contributed by atoms with E-state index in [1.807, 2.05) is 0 Å². The summed E-state index contributed by atoms with van der Waals surface area (Å²) in [6.45, 7) is 5.78. The fourth-order valence-corrected chi connectivity index (χ4v) is 2.84.